The van der Waals surface area contributed by atoms with Gasteiger partial charge in [-0.3, -0.25) is 4.98 Å². The van der Waals surface area contributed by atoms with Crippen LogP contribution < -0.4 is 5.32 Å². The van der Waals surface area contributed by atoms with Gasteiger partial charge >= 0.3 is 0 Å². The second kappa shape index (κ2) is 4.89. The molecule has 0 spiro atoms. The van der Waals surface area contributed by atoms with Crippen molar-refractivity contribution in [2.45, 2.75) is 40.2 Å². The van der Waals surface area contributed by atoms with E-state index in [4.69, 9.17) is 0 Å². The summed E-state index contributed by atoms with van der Waals surface area (Å²) in [5, 5.41) is 3.65. The van der Waals surface area contributed by atoms with Crippen LogP contribution in [0.2, 0.25) is 0 Å². The summed E-state index contributed by atoms with van der Waals surface area (Å²) in [6, 6.07) is 4.81. The van der Waals surface area contributed by atoms with E-state index in [1.165, 1.54) is 23.6 Å². The summed E-state index contributed by atoms with van der Waals surface area (Å²) in [6.45, 7) is 8.83. The molecule has 1 unspecified atom stereocenters. The van der Waals surface area contributed by atoms with Gasteiger partial charge in [-0.1, -0.05) is 13.8 Å². The summed E-state index contributed by atoms with van der Waals surface area (Å²) in [5.74, 6) is 2.48. The van der Waals surface area contributed by atoms with Gasteiger partial charge in [-0.25, -0.2) is 0 Å². The van der Waals surface area contributed by atoms with Crippen molar-refractivity contribution in [1.29, 1.82) is 0 Å². The van der Waals surface area contributed by atoms with Crippen LogP contribution in [0.3, 0.4) is 0 Å². The zero-order valence-corrected chi connectivity index (χ0v) is 12.0. The molecular formula is C14H22N2S. The van der Waals surface area contributed by atoms with Gasteiger partial charge < -0.3 is 5.32 Å². The fourth-order valence-corrected chi connectivity index (χ4v) is 3.69. The SMILES string of the molecule is Cc1ccc(NC2CSCC(C)(C)C2)c(C)n1. The normalized spacial score (nSPS) is 23.4. The lowest BCUT2D eigenvalue weighted by molar-refractivity contribution is 0.358. The second-order valence-corrected chi connectivity index (χ2v) is 6.84. The molecule has 0 amide bonds. The van der Waals surface area contributed by atoms with E-state index >= 15 is 0 Å². The maximum atomic E-state index is 4.51. The van der Waals surface area contributed by atoms with Gasteiger partial charge in [0.15, 0.2) is 0 Å². The molecule has 2 heterocycles. The van der Waals surface area contributed by atoms with E-state index in [0.29, 0.717) is 11.5 Å². The van der Waals surface area contributed by atoms with E-state index in [1.54, 1.807) is 0 Å². The monoisotopic (exact) mass is 250 g/mol. The molecule has 1 aliphatic heterocycles. The minimum atomic E-state index is 0.451. The first kappa shape index (κ1) is 12.7. The number of nitrogens with one attached hydrogen (secondary N) is 1. The Morgan fingerprint density at radius 3 is 2.76 bits per heavy atom. The number of rotatable bonds is 2. The average Bonchev–Trinajstić information content (AvgIpc) is 2.21. The van der Waals surface area contributed by atoms with Crippen molar-refractivity contribution in [2.24, 2.45) is 5.41 Å². The Balaban J connectivity index is 2.05. The molecule has 3 heteroatoms. The lowest BCUT2D eigenvalue weighted by atomic mass is 9.87. The second-order valence-electron chi connectivity index (χ2n) is 5.81. The molecule has 0 saturated carbocycles. The first-order valence-electron chi connectivity index (χ1n) is 6.25. The topological polar surface area (TPSA) is 24.9 Å². The molecule has 0 aliphatic carbocycles. The Kier molecular flexibility index (Phi) is 3.67. The number of pyridine rings is 1. The zero-order chi connectivity index (χ0) is 12.5. The van der Waals surface area contributed by atoms with E-state index in [1.807, 2.05) is 6.92 Å². The number of anilines is 1. The molecule has 2 rings (SSSR count). The van der Waals surface area contributed by atoms with Crippen molar-refractivity contribution < 1.29 is 0 Å². The lowest BCUT2D eigenvalue weighted by Gasteiger charge is -2.35. The van der Waals surface area contributed by atoms with Crippen LogP contribution >= 0.6 is 11.8 Å². The molecule has 0 aromatic carbocycles. The Morgan fingerprint density at radius 2 is 2.12 bits per heavy atom. The van der Waals surface area contributed by atoms with Gasteiger partial charge in [0.1, 0.15) is 0 Å². The minimum absolute atomic E-state index is 0.451. The molecule has 94 valence electrons. The molecule has 1 aromatic heterocycles. The number of thioether (sulfide) groups is 1. The Bertz CT molecular complexity index is 401. The van der Waals surface area contributed by atoms with Gasteiger partial charge in [-0.2, -0.15) is 11.8 Å². The molecule has 2 nitrogen and oxygen atoms in total. The van der Waals surface area contributed by atoms with Crippen LogP contribution in [0.4, 0.5) is 5.69 Å². The quantitative estimate of drug-likeness (QED) is 0.867. The maximum Gasteiger partial charge on any atom is 0.0606 e. The predicted molar refractivity (Wildman–Crippen MR) is 76.8 cm³/mol. The lowest BCUT2D eigenvalue weighted by Crippen LogP contribution is -2.35. The smallest absolute Gasteiger partial charge is 0.0606 e. The van der Waals surface area contributed by atoms with Crippen LogP contribution in [0.5, 0.6) is 0 Å². The van der Waals surface area contributed by atoms with Crippen molar-refractivity contribution in [3.63, 3.8) is 0 Å². The summed E-state index contributed by atoms with van der Waals surface area (Å²) in [5.41, 5.74) is 3.84. The van der Waals surface area contributed by atoms with Crippen LogP contribution in [0.25, 0.3) is 0 Å². The first-order chi connectivity index (χ1) is 7.96. The Morgan fingerprint density at radius 1 is 1.35 bits per heavy atom. The molecule has 0 bridgehead atoms. The Hall–Kier alpha value is -0.700. The van der Waals surface area contributed by atoms with Gasteiger partial charge in [0.25, 0.3) is 0 Å². The van der Waals surface area contributed by atoms with Crippen molar-refractivity contribution >= 4 is 17.4 Å². The summed E-state index contributed by atoms with van der Waals surface area (Å²) < 4.78 is 0. The average molecular weight is 250 g/mol. The van der Waals surface area contributed by atoms with E-state index in [2.05, 4.69) is 55.0 Å². The van der Waals surface area contributed by atoms with E-state index in [9.17, 15) is 0 Å². The fraction of sp³-hybridized carbons (Fsp3) is 0.643. The number of aromatic nitrogens is 1. The molecular weight excluding hydrogens is 228 g/mol. The largest absolute Gasteiger partial charge is 0.380 e. The van der Waals surface area contributed by atoms with E-state index < -0.39 is 0 Å². The van der Waals surface area contributed by atoms with Gasteiger partial charge in [0, 0.05) is 17.5 Å². The molecule has 1 aromatic rings. The van der Waals surface area contributed by atoms with Gasteiger partial charge in [-0.05, 0) is 43.6 Å². The Labute approximate surface area is 109 Å². The molecule has 1 atom stereocenters. The number of hydrogen-bond acceptors (Lipinski definition) is 3. The molecule has 1 N–H and O–H groups in total. The summed E-state index contributed by atoms with van der Waals surface area (Å²) in [7, 11) is 0. The van der Waals surface area contributed by atoms with Crippen molar-refractivity contribution in [1.82, 2.24) is 4.98 Å². The molecule has 1 saturated heterocycles. The maximum absolute atomic E-state index is 4.51. The number of aryl methyl sites for hydroxylation is 2. The van der Waals surface area contributed by atoms with Crippen LogP contribution in [-0.2, 0) is 0 Å². The molecule has 0 radical (unpaired) electrons. The van der Waals surface area contributed by atoms with Gasteiger partial charge in [-0.15, -0.1) is 0 Å². The highest BCUT2D eigenvalue weighted by Crippen LogP contribution is 2.34. The first-order valence-corrected chi connectivity index (χ1v) is 7.40. The van der Waals surface area contributed by atoms with Crippen LogP contribution in [0, 0.1) is 19.3 Å². The van der Waals surface area contributed by atoms with Crippen molar-refractivity contribution in [2.75, 3.05) is 16.8 Å². The van der Waals surface area contributed by atoms with E-state index in [0.717, 1.165) is 11.4 Å². The standard InChI is InChI=1S/C14H22N2S/c1-10-5-6-13(11(2)15-10)16-12-7-14(3,4)9-17-8-12/h5-6,12,16H,7-9H2,1-4H3. The predicted octanol–water partition coefficient (Wildman–Crippen LogP) is 3.64. The third kappa shape index (κ3) is 3.38. The summed E-state index contributed by atoms with van der Waals surface area (Å²) in [4.78, 5) is 4.51. The summed E-state index contributed by atoms with van der Waals surface area (Å²) in [6.07, 6.45) is 1.24. The fourth-order valence-electron chi connectivity index (χ4n) is 2.41. The van der Waals surface area contributed by atoms with Gasteiger partial charge in [0.2, 0.25) is 0 Å². The van der Waals surface area contributed by atoms with Crippen LogP contribution in [0.15, 0.2) is 12.1 Å². The van der Waals surface area contributed by atoms with Crippen LogP contribution in [0.1, 0.15) is 31.7 Å². The third-order valence-corrected chi connectivity index (χ3v) is 4.82. The van der Waals surface area contributed by atoms with Crippen molar-refractivity contribution in [3.05, 3.63) is 23.5 Å². The van der Waals surface area contributed by atoms with Crippen LogP contribution in [-0.4, -0.2) is 22.5 Å². The highest BCUT2D eigenvalue weighted by molar-refractivity contribution is 7.99. The van der Waals surface area contributed by atoms with Gasteiger partial charge in [0.05, 0.1) is 11.4 Å². The molecule has 1 aliphatic rings. The third-order valence-electron chi connectivity index (χ3n) is 3.20. The summed E-state index contributed by atoms with van der Waals surface area (Å²) >= 11 is 2.06. The molecule has 1 fully saturated rings. The van der Waals surface area contributed by atoms with E-state index in [-0.39, 0.29) is 0 Å². The number of nitrogens with zero attached hydrogens (tertiary/aromatic N) is 1. The minimum Gasteiger partial charge on any atom is -0.380 e. The highest BCUT2D eigenvalue weighted by Gasteiger charge is 2.28. The number of hydrogen-bond donors (Lipinski definition) is 1. The highest BCUT2D eigenvalue weighted by atomic mass is 32.2. The zero-order valence-electron chi connectivity index (χ0n) is 11.2. The molecule has 17 heavy (non-hydrogen) atoms. The van der Waals surface area contributed by atoms with Crippen molar-refractivity contribution in [3.8, 4) is 0 Å².